The standard InChI is InChI=1S/C29H34N2O6/c1-3-26(33)28(27(34)21-32)30(2)29(35)24-11-7-22(8-12-24)5-6-23-9-13-25(14-10-23)37-20-17-31-15-4-18-36-19-16-31/h7-14,28,32H,3-4,15-21H2,1-2H3. The molecule has 3 rings (SSSR count). The van der Waals surface area contributed by atoms with Gasteiger partial charge in [-0.1, -0.05) is 18.8 Å². The average Bonchev–Trinajstić information content (AvgIpc) is 3.21. The maximum Gasteiger partial charge on any atom is 0.254 e. The summed E-state index contributed by atoms with van der Waals surface area (Å²) in [7, 11) is 1.39. The van der Waals surface area contributed by atoms with Crippen molar-refractivity contribution in [1.82, 2.24) is 9.80 Å². The van der Waals surface area contributed by atoms with E-state index in [-0.39, 0.29) is 6.42 Å². The Kier molecular flexibility index (Phi) is 10.8. The quantitative estimate of drug-likeness (QED) is 0.390. The van der Waals surface area contributed by atoms with Crippen LogP contribution in [0.4, 0.5) is 0 Å². The Morgan fingerprint density at radius 3 is 2.27 bits per heavy atom. The molecule has 2 aromatic carbocycles. The molecule has 1 aliphatic heterocycles. The number of Topliss-reactive ketones (excluding diaryl/α,β-unsaturated/α-hetero) is 2. The molecule has 0 spiro atoms. The average molecular weight is 507 g/mol. The van der Waals surface area contributed by atoms with Crippen LogP contribution in [0.25, 0.3) is 0 Å². The van der Waals surface area contributed by atoms with E-state index < -0.39 is 30.1 Å². The minimum absolute atomic E-state index is 0.0874. The minimum Gasteiger partial charge on any atom is -0.492 e. The Balaban J connectivity index is 1.55. The number of carbonyl (C=O) groups is 3. The molecule has 37 heavy (non-hydrogen) atoms. The summed E-state index contributed by atoms with van der Waals surface area (Å²) in [5.41, 5.74) is 1.87. The summed E-state index contributed by atoms with van der Waals surface area (Å²) in [6.07, 6.45) is 1.14. The van der Waals surface area contributed by atoms with Crippen LogP contribution in [-0.2, 0) is 14.3 Å². The van der Waals surface area contributed by atoms with Gasteiger partial charge < -0.3 is 19.5 Å². The van der Waals surface area contributed by atoms with Crippen molar-refractivity contribution < 1.29 is 29.0 Å². The van der Waals surface area contributed by atoms with Gasteiger partial charge >= 0.3 is 0 Å². The zero-order valence-electron chi connectivity index (χ0n) is 21.4. The number of amides is 1. The number of carbonyl (C=O) groups excluding carboxylic acids is 3. The molecule has 2 aromatic rings. The van der Waals surface area contributed by atoms with Gasteiger partial charge in [0.15, 0.2) is 17.6 Å². The highest BCUT2D eigenvalue weighted by Crippen LogP contribution is 2.13. The van der Waals surface area contributed by atoms with Crippen LogP contribution in [0.15, 0.2) is 48.5 Å². The van der Waals surface area contributed by atoms with Gasteiger partial charge in [0.25, 0.3) is 5.91 Å². The van der Waals surface area contributed by atoms with Gasteiger partial charge in [-0.25, -0.2) is 0 Å². The second-order valence-corrected chi connectivity index (χ2v) is 8.77. The largest absolute Gasteiger partial charge is 0.492 e. The van der Waals surface area contributed by atoms with Crippen molar-refractivity contribution in [2.75, 3.05) is 53.1 Å². The lowest BCUT2D eigenvalue weighted by Gasteiger charge is -2.25. The van der Waals surface area contributed by atoms with E-state index in [9.17, 15) is 19.5 Å². The molecule has 1 N–H and O–H groups in total. The van der Waals surface area contributed by atoms with Crippen molar-refractivity contribution >= 4 is 17.5 Å². The van der Waals surface area contributed by atoms with Gasteiger partial charge in [-0.15, -0.1) is 0 Å². The first-order chi connectivity index (χ1) is 17.9. The molecule has 1 fully saturated rings. The molecule has 0 radical (unpaired) electrons. The minimum atomic E-state index is -1.29. The van der Waals surface area contributed by atoms with Crippen LogP contribution >= 0.6 is 0 Å². The second kappa shape index (κ2) is 14.3. The van der Waals surface area contributed by atoms with E-state index in [0.29, 0.717) is 17.7 Å². The van der Waals surface area contributed by atoms with Crippen LogP contribution in [0.2, 0.25) is 0 Å². The number of aliphatic hydroxyl groups is 1. The molecule has 1 aliphatic rings. The first-order valence-electron chi connectivity index (χ1n) is 12.5. The topological polar surface area (TPSA) is 96.4 Å². The number of ketones is 2. The monoisotopic (exact) mass is 506 g/mol. The van der Waals surface area contributed by atoms with E-state index in [1.54, 1.807) is 31.2 Å². The summed E-state index contributed by atoms with van der Waals surface area (Å²) in [6, 6.07) is 12.9. The fourth-order valence-corrected chi connectivity index (χ4v) is 4.00. The maximum absolute atomic E-state index is 12.8. The Hall–Kier alpha value is -3.51. The third-order valence-corrected chi connectivity index (χ3v) is 6.15. The number of hydrogen-bond donors (Lipinski definition) is 1. The summed E-state index contributed by atoms with van der Waals surface area (Å²) >= 11 is 0. The Bertz CT molecular complexity index is 1090. The molecule has 1 unspecified atom stereocenters. The highest BCUT2D eigenvalue weighted by molar-refractivity contribution is 6.10. The Morgan fingerprint density at radius 1 is 1.00 bits per heavy atom. The van der Waals surface area contributed by atoms with Crippen molar-refractivity contribution in [1.29, 1.82) is 0 Å². The van der Waals surface area contributed by atoms with E-state index in [4.69, 9.17) is 9.47 Å². The third-order valence-electron chi connectivity index (χ3n) is 6.15. The van der Waals surface area contributed by atoms with Crippen LogP contribution in [-0.4, -0.2) is 91.5 Å². The molecule has 8 heteroatoms. The van der Waals surface area contributed by atoms with E-state index >= 15 is 0 Å². The van der Waals surface area contributed by atoms with E-state index in [0.717, 1.165) is 55.5 Å². The van der Waals surface area contributed by atoms with Gasteiger partial charge in [0.2, 0.25) is 0 Å². The number of ether oxygens (including phenoxy) is 2. The maximum atomic E-state index is 12.8. The normalized spacial score (nSPS) is 14.6. The lowest BCUT2D eigenvalue weighted by molar-refractivity contribution is -0.134. The summed E-state index contributed by atoms with van der Waals surface area (Å²) in [6.45, 7) is 5.87. The summed E-state index contributed by atoms with van der Waals surface area (Å²) in [5, 5.41) is 9.18. The fraction of sp³-hybridized carbons (Fsp3) is 0.414. The SMILES string of the molecule is CCC(=O)C(C(=O)CO)N(C)C(=O)c1ccc(C#Cc2ccc(OCCN3CCCOCC3)cc2)cc1. The fourth-order valence-electron chi connectivity index (χ4n) is 4.00. The predicted molar refractivity (Wildman–Crippen MR) is 140 cm³/mol. The van der Waals surface area contributed by atoms with Crippen molar-refractivity contribution in [2.45, 2.75) is 25.8 Å². The zero-order chi connectivity index (χ0) is 26.6. The molecule has 0 aliphatic carbocycles. The Labute approximate surface area is 218 Å². The molecule has 0 aromatic heterocycles. The molecule has 8 nitrogen and oxygen atoms in total. The zero-order valence-corrected chi connectivity index (χ0v) is 21.4. The summed E-state index contributed by atoms with van der Waals surface area (Å²) < 4.78 is 11.3. The molecule has 1 amide bonds. The van der Waals surface area contributed by atoms with Crippen molar-refractivity contribution in [3.8, 4) is 17.6 Å². The number of nitrogens with zero attached hydrogens (tertiary/aromatic N) is 2. The molecule has 196 valence electrons. The summed E-state index contributed by atoms with van der Waals surface area (Å²) in [4.78, 5) is 40.4. The Morgan fingerprint density at radius 2 is 1.65 bits per heavy atom. The number of hydrogen-bond acceptors (Lipinski definition) is 7. The number of likely N-dealkylation sites (N-methyl/N-ethyl adjacent to an activating group) is 1. The van der Waals surface area contributed by atoms with Crippen LogP contribution in [0, 0.1) is 11.8 Å². The molecular formula is C29H34N2O6. The summed E-state index contributed by atoms with van der Waals surface area (Å²) in [5.74, 6) is 5.37. The molecule has 0 saturated carbocycles. The van der Waals surface area contributed by atoms with Crippen molar-refractivity contribution in [3.05, 3.63) is 65.2 Å². The van der Waals surface area contributed by atoms with Gasteiger partial charge in [0, 0.05) is 56.4 Å². The molecule has 1 saturated heterocycles. The molecule has 1 atom stereocenters. The van der Waals surface area contributed by atoms with Gasteiger partial charge in [0.1, 0.15) is 19.0 Å². The number of aliphatic hydroxyl groups excluding tert-OH is 1. The van der Waals surface area contributed by atoms with Gasteiger partial charge in [-0.3, -0.25) is 19.3 Å². The van der Waals surface area contributed by atoms with Gasteiger partial charge in [-0.2, -0.15) is 0 Å². The lowest BCUT2D eigenvalue weighted by atomic mass is 10.0. The first-order valence-corrected chi connectivity index (χ1v) is 12.5. The van der Waals surface area contributed by atoms with Crippen molar-refractivity contribution in [2.24, 2.45) is 0 Å². The smallest absolute Gasteiger partial charge is 0.254 e. The van der Waals surface area contributed by atoms with Crippen LogP contribution < -0.4 is 4.74 Å². The predicted octanol–water partition coefficient (Wildman–Crippen LogP) is 2.17. The number of rotatable bonds is 10. The van der Waals surface area contributed by atoms with Crippen molar-refractivity contribution in [3.63, 3.8) is 0 Å². The van der Waals surface area contributed by atoms with Crippen LogP contribution in [0.5, 0.6) is 5.75 Å². The molecular weight excluding hydrogens is 472 g/mol. The van der Waals surface area contributed by atoms with Crippen LogP contribution in [0.3, 0.4) is 0 Å². The van der Waals surface area contributed by atoms with E-state index in [1.165, 1.54) is 7.05 Å². The second-order valence-electron chi connectivity index (χ2n) is 8.77. The van der Waals surface area contributed by atoms with Gasteiger partial charge in [0.05, 0.1) is 6.61 Å². The van der Waals surface area contributed by atoms with E-state index in [2.05, 4.69) is 16.7 Å². The third kappa shape index (κ3) is 8.25. The molecule has 1 heterocycles. The van der Waals surface area contributed by atoms with E-state index in [1.807, 2.05) is 24.3 Å². The first kappa shape index (κ1) is 28.1. The lowest BCUT2D eigenvalue weighted by Crippen LogP contribution is -2.48. The van der Waals surface area contributed by atoms with Gasteiger partial charge in [-0.05, 0) is 55.0 Å². The number of benzene rings is 2. The highest BCUT2D eigenvalue weighted by Gasteiger charge is 2.32. The highest BCUT2D eigenvalue weighted by atomic mass is 16.5. The molecule has 0 bridgehead atoms. The van der Waals surface area contributed by atoms with Crippen LogP contribution in [0.1, 0.15) is 41.3 Å².